The number of carboxylic acids is 1. The van der Waals surface area contributed by atoms with Gasteiger partial charge < -0.3 is 21.3 Å². The van der Waals surface area contributed by atoms with Crippen LogP contribution in [0.25, 0.3) is 0 Å². The van der Waals surface area contributed by atoms with Crippen molar-refractivity contribution in [2.24, 2.45) is 11.7 Å². The summed E-state index contributed by atoms with van der Waals surface area (Å²) in [4.78, 5) is 23.1. The minimum absolute atomic E-state index is 0. The van der Waals surface area contributed by atoms with E-state index < -0.39 is 30.1 Å². The van der Waals surface area contributed by atoms with Crippen LogP contribution in [0.1, 0.15) is 25.8 Å². The molecule has 1 aromatic rings. The third kappa shape index (κ3) is 7.89. The van der Waals surface area contributed by atoms with Gasteiger partial charge in [-0.1, -0.05) is 44.2 Å². The van der Waals surface area contributed by atoms with Gasteiger partial charge in [-0.3, -0.25) is 4.79 Å². The Hall–Kier alpha value is -0.998. The Bertz CT molecular complexity index is 496. The molecule has 23 heavy (non-hydrogen) atoms. The van der Waals surface area contributed by atoms with Crippen molar-refractivity contribution in [2.75, 3.05) is 0 Å². The Kier molecular flexibility index (Phi) is 10.3. The number of benzene rings is 1. The molecule has 0 fully saturated rings. The number of hydrogen-bond acceptors (Lipinski definition) is 4. The van der Waals surface area contributed by atoms with Gasteiger partial charge in [0.05, 0.1) is 0 Å². The molecule has 1 aromatic carbocycles. The van der Waals surface area contributed by atoms with E-state index in [0.717, 1.165) is 5.56 Å². The van der Waals surface area contributed by atoms with Gasteiger partial charge in [0.1, 0.15) is 12.1 Å². The Morgan fingerprint density at radius 3 is 2.26 bits per heavy atom. The molecule has 2 radical (unpaired) electrons. The molecule has 1 rings (SSSR count). The van der Waals surface area contributed by atoms with Gasteiger partial charge in [0, 0.05) is 6.04 Å². The van der Waals surface area contributed by atoms with Gasteiger partial charge in [0.15, 0.2) is 0 Å². The summed E-state index contributed by atoms with van der Waals surface area (Å²) in [5.41, 5.74) is 6.75. The summed E-state index contributed by atoms with van der Waals surface area (Å²) in [6.07, 6.45) is -0.826. The predicted molar refractivity (Wildman–Crippen MR) is 91.7 cm³/mol. The average molecular weight is 518 g/mol. The van der Waals surface area contributed by atoms with Gasteiger partial charge in [-0.25, -0.2) is 4.79 Å². The maximum atomic E-state index is 12.0. The van der Waals surface area contributed by atoms with Crippen LogP contribution in [-0.2, 0) is 16.0 Å². The van der Waals surface area contributed by atoms with E-state index in [9.17, 15) is 14.7 Å². The quantitative estimate of drug-likeness (QED) is 0.351. The van der Waals surface area contributed by atoms with Gasteiger partial charge in [-0.2, -0.15) is 0 Å². The van der Waals surface area contributed by atoms with Crippen molar-refractivity contribution in [1.29, 1.82) is 0 Å². The summed E-state index contributed by atoms with van der Waals surface area (Å²) in [6, 6.07) is 7.44. The van der Waals surface area contributed by atoms with Crippen molar-refractivity contribution < 1.29 is 19.8 Å². The van der Waals surface area contributed by atoms with Crippen LogP contribution < -0.4 is 11.1 Å². The van der Waals surface area contributed by atoms with E-state index in [2.05, 4.69) is 5.32 Å². The summed E-state index contributed by atoms with van der Waals surface area (Å²) in [7, 11) is 0. The molecule has 0 aliphatic carbocycles. The Morgan fingerprint density at radius 2 is 1.78 bits per heavy atom. The molecule has 0 aliphatic rings. The summed E-state index contributed by atoms with van der Waals surface area (Å²) < 4.78 is 0. The zero-order valence-electron chi connectivity index (χ0n) is 13.6. The van der Waals surface area contributed by atoms with Crippen molar-refractivity contribution in [3.8, 4) is 0 Å². The molecule has 0 aliphatic heterocycles. The van der Waals surface area contributed by atoms with Gasteiger partial charge in [-0.15, -0.1) is 0 Å². The van der Waals surface area contributed by atoms with E-state index in [1.807, 2.05) is 44.2 Å². The number of carboxylic acid groups (broad SMARTS) is 1. The third-order valence-electron chi connectivity index (χ3n) is 3.31. The first-order valence-electron chi connectivity index (χ1n) is 7.32. The number of aliphatic hydroxyl groups is 1. The zero-order chi connectivity index (χ0) is 16.7. The molecular weight excluding hydrogens is 491 g/mol. The SMILES string of the molecule is CC(C)CC(NC(=O)[C@@H](O)[C@H](N)Cc1ccccc1)C(=O)O.[PbH2]. The number of carbonyl (C=O) groups is 2. The Morgan fingerprint density at radius 1 is 1.22 bits per heavy atom. The van der Waals surface area contributed by atoms with Crippen molar-refractivity contribution >= 4 is 39.2 Å². The van der Waals surface area contributed by atoms with E-state index in [1.54, 1.807) is 0 Å². The number of aliphatic hydroxyl groups excluding tert-OH is 1. The maximum absolute atomic E-state index is 12.0. The van der Waals surface area contributed by atoms with Crippen LogP contribution in [0.2, 0.25) is 0 Å². The Labute approximate surface area is 156 Å². The summed E-state index contributed by atoms with van der Waals surface area (Å²) in [5, 5.41) is 21.4. The van der Waals surface area contributed by atoms with E-state index in [1.165, 1.54) is 0 Å². The Balaban J connectivity index is 0.00000484. The summed E-state index contributed by atoms with van der Waals surface area (Å²) in [6.45, 7) is 3.72. The van der Waals surface area contributed by atoms with Crippen LogP contribution in [0, 0.1) is 5.92 Å². The molecule has 128 valence electrons. The molecule has 7 heteroatoms. The van der Waals surface area contributed by atoms with Gasteiger partial charge in [0.2, 0.25) is 0 Å². The fraction of sp³-hybridized carbons (Fsp3) is 0.500. The molecule has 6 nitrogen and oxygen atoms in total. The molecule has 0 heterocycles. The topological polar surface area (TPSA) is 113 Å². The average Bonchev–Trinajstić information content (AvgIpc) is 2.46. The molecule has 0 spiro atoms. The fourth-order valence-corrected chi connectivity index (χ4v) is 2.14. The molecular formula is C16H26N2O4Pb. The molecule has 0 saturated carbocycles. The van der Waals surface area contributed by atoms with E-state index >= 15 is 0 Å². The second kappa shape index (κ2) is 10.7. The molecule has 0 saturated heterocycles. The monoisotopic (exact) mass is 518 g/mol. The number of carbonyl (C=O) groups excluding carboxylic acids is 1. The first-order valence-corrected chi connectivity index (χ1v) is 7.32. The number of nitrogens with one attached hydrogen (secondary N) is 1. The van der Waals surface area contributed by atoms with Crippen LogP contribution in [-0.4, -0.2) is 67.6 Å². The first-order chi connectivity index (χ1) is 10.3. The molecule has 5 N–H and O–H groups in total. The number of rotatable bonds is 8. The summed E-state index contributed by atoms with van der Waals surface area (Å²) >= 11 is 0. The van der Waals surface area contributed by atoms with Crippen LogP contribution in [0.15, 0.2) is 30.3 Å². The molecule has 1 unspecified atom stereocenters. The second-order valence-electron chi connectivity index (χ2n) is 5.83. The molecule has 0 aromatic heterocycles. The van der Waals surface area contributed by atoms with Crippen LogP contribution in [0.3, 0.4) is 0 Å². The van der Waals surface area contributed by atoms with Crippen LogP contribution in [0.5, 0.6) is 0 Å². The first kappa shape index (κ1) is 22.0. The van der Waals surface area contributed by atoms with Crippen molar-refractivity contribution in [3.63, 3.8) is 0 Å². The normalized spacial score (nSPS) is 14.5. The van der Waals surface area contributed by atoms with Gasteiger partial charge >= 0.3 is 33.3 Å². The van der Waals surface area contributed by atoms with Crippen molar-refractivity contribution in [3.05, 3.63) is 35.9 Å². The fourth-order valence-electron chi connectivity index (χ4n) is 2.14. The number of aliphatic carboxylic acids is 1. The minimum atomic E-state index is -1.45. The molecule has 3 atom stereocenters. The van der Waals surface area contributed by atoms with Crippen molar-refractivity contribution in [2.45, 2.75) is 44.9 Å². The van der Waals surface area contributed by atoms with E-state index in [0.29, 0.717) is 12.8 Å². The standard InChI is InChI=1S/C16H24N2O4.Pb.2H/c1-10(2)8-13(16(21)22)18-15(20)14(19)12(17)9-11-6-4-3-5-7-11;;;/h3-7,10,12-14,19H,8-9,17H2,1-2H3,(H,18,20)(H,21,22);;;/t12-,13?,14+;;;/m1.../s1. The van der Waals surface area contributed by atoms with Gasteiger partial charge in [-0.05, 0) is 24.3 Å². The van der Waals surface area contributed by atoms with Crippen molar-refractivity contribution in [1.82, 2.24) is 5.32 Å². The zero-order valence-corrected chi connectivity index (χ0v) is 19.1. The number of nitrogens with two attached hydrogens (primary N) is 1. The van der Waals surface area contributed by atoms with Crippen LogP contribution in [0.4, 0.5) is 0 Å². The summed E-state index contributed by atoms with van der Waals surface area (Å²) in [5.74, 6) is -1.76. The number of amides is 1. The predicted octanol–water partition coefficient (Wildman–Crippen LogP) is -0.383. The molecule has 0 bridgehead atoms. The van der Waals surface area contributed by atoms with Crippen LogP contribution >= 0.6 is 0 Å². The second-order valence-corrected chi connectivity index (χ2v) is 5.83. The number of hydrogen-bond donors (Lipinski definition) is 4. The van der Waals surface area contributed by atoms with Gasteiger partial charge in [0.25, 0.3) is 5.91 Å². The van der Waals surface area contributed by atoms with E-state index in [4.69, 9.17) is 10.8 Å². The van der Waals surface area contributed by atoms with E-state index in [-0.39, 0.29) is 33.2 Å². The molecule has 1 amide bonds. The third-order valence-corrected chi connectivity index (χ3v) is 3.31.